The summed E-state index contributed by atoms with van der Waals surface area (Å²) in [6.07, 6.45) is 0. The van der Waals surface area contributed by atoms with Crippen molar-refractivity contribution in [1.29, 1.82) is 0 Å². The summed E-state index contributed by atoms with van der Waals surface area (Å²) in [4.78, 5) is 34.4. The van der Waals surface area contributed by atoms with Crippen LogP contribution >= 0.6 is 11.6 Å². The number of amides is 2. The van der Waals surface area contributed by atoms with Gasteiger partial charge in [0, 0.05) is 24.2 Å². The van der Waals surface area contributed by atoms with Crippen molar-refractivity contribution >= 4 is 29.1 Å². The maximum atomic E-state index is 12.1. The van der Waals surface area contributed by atoms with Crippen molar-refractivity contribution in [3.8, 4) is 5.75 Å². The Balaban J connectivity index is 1.97. The zero-order valence-electron chi connectivity index (χ0n) is 13.7. The summed E-state index contributed by atoms with van der Waals surface area (Å²) in [7, 11) is 0. The number of carbonyl (C=O) groups excluding carboxylic acids is 2. The minimum atomic E-state index is -0.875. The van der Waals surface area contributed by atoms with E-state index in [2.05, 4.69) is 10.6 Å². The lowest BCUT2D eigenvalue weighted by atomic mass is 10.1. The monoisotopic (exact) mass is 377 g/mol. The fourth-order valence-corrected chi connectivity index (χ4v) is 2.37. The SMILES string of the molecule is C[C@H](NC(=O)c1ccccc1Cl)C(=O)NCc1cc([N+](=O)[O-])ccc1O. The number of nitro benzene ring substituents is 1. The molecular formula is C17H16ClN3O5. The Morgan fingerprint density at radius 1 is 1.27 bits per heavy atom. The molecule has 2 amide bonds. The van der Waals surface area contributed by atoms with E-state index in [1.165, 1.54) is 25.1 Å². The highest BCUT2D eigenvalue weighted by molar-refractivity contribution is 6.33. The molecule has 26 heavy (non-hydrogen) atoms. The highest BCUT2D eigenvalue weighted by atomic mass is 35.5. The summed E-state index contributed by atoms with van der Waals surface area (Å²) in [6, 6.07) is 9.06. The number of hydrogen-bond donors (Lipinski definition) is 3. The number of nitrogens with one attached hydrogen (secondary N) is 2. The Kier molecular flexibility index (Phi) is 6.13. The highest BCUT2D eigenvalue weighted by Gasteiger charge is 2.18. The van der Waals surface area contributed by atoms with Crippen LogP contribution in [0.1, 0.15) is 22.8 Å². The van der Waals surface area contributed by atoms with Crippen molar-refractivity contribution in [3.05, 3.63) is 68.7 Å². The number of hydrogen-bond acceptors (Lipinski definition) is 5. The molecule has 0 fully saturated rings. The van der Waals surface area contributed by atoms with Crippen LogP contribution in [0.2, 0.25) is 5.02 Å². The van der Waals surface area contributed by atoms with Gasteiger partial charge in [0.25, 0.3) is 11.6 Å². The smallest absolute Gasteiger partial charge is 0.270 e. The second kappa shape index (κ2) is 8.30. The molecule has 1 atom stereocenters. The van der Waals surface area contributed by atoms with Crippen LogP contribution in [0.3, 0.4) is 0 Å². The van der Waals surface area contributed by atoms with Crippen molar-refractivity contribution in [2.24, 2.45) is 0 Å². The van der Waals surface area contributed by atoms with E-state index in [-0.39, 0.29) is 34.1 Å². The molecular weight excluding hydrogens is 362 g/mol. The summed E-state index contributed by atoms with van der Waals surface area (Å²) in [5.74, 6) is -1.20. The molecule has 8 nitrogen and oxygen atoms in total. The quantitative estimate of drug-likeness (QED) is 0.527. The number of aromatic hydroxyl groups is 1. The maximum absolute atomic E-state index is 12.1. The number of phenolic OH excluding ortho intramolecular Hbond substituents is 1. The van der Waals surface area contributed by atoms with Crippen molar-refractivity contribution in [1.82, 2.24) is 10.6 Å². The number of rotatable bonds is 6. The first-order valence-corrected chi connectivity index (χ1v) is 7.96. The number of carbonyl (C=O) groups is 2. The van der Waals surface area contributed by atoms with Gasteiger partial charge >= 0.3 is 0 Å². The predicted molar refractivity (Wildman–Crippen MR) is 95.0 cm³/mol. The number of non-ortho nitro benzene ring substituents is 1. The largest absolute Gasteiger partial charge is 0.508 e. The van der Waals surface area contributed by atoms with E-state index >= 15 is 0 Å². The Hall–Kier alpha value is -3.13. The molecule has 0 spiro atoms. The molecule has 2 aromatic carbocycles. The molecule has 0 saturated carbocycles. The molecule has 0 radical (unpaired) electrons. The number of phenols is 1. The van der Waals surface area contributed by atoms with Gasteiger partial charge in [0.2, 0.25) is 5.91 Å². The zero-order chi connectivity index (χ0) is 19.3. The number of nitrogens with zero attached hydrogens (tertiary/aromatic N) is 1. The van der Waals surface area contributed by atoms with E-state index in [1.54, 1.807) is 18.2 Å². The molecule has 0 heterocycles. The first-order chi connectivity index (χ1) is 12.3. The van der Waals surface area contributed by atoms with Crippen molar-refractivity contribution in [2.45, 2.75) is 19.5 Å². The summed E-state index contributed by atoms with van der Waals surface area (Å²) in [5.41, 5.74) is 0.231. The van der Waals surface area contributed by atoms with Crippen LogP contribution in [-0.4, -0.2) is 27.9 Å². The summed E-state index contributed by atoms with van der Waals surface area (Å²) < 4.78 is 0. The second-order valence-electron chi connectivity index (χ2n) is 5.46. The van der Waals surface area contributed by atoms with Gasteiger partial charge < -0.3 is 15.7 Å². The van der Waals surface area contributed by atoms with Gasteiger partial charge in [-0.25, -0.2) is 0 Å². The van der Waals surface area contributed by atoms with Gasteiger partial charge in [-0.1, -0.05) is 23.7 Å². The maximum Gasteiger partial charge on any atom is 0.270 e. The first kappa shape index (κ1) is 19.2. The third kappa shape index (κ3) is 4.70. The average molecular weight is 378 g/mol. The van der Waals surface area contributed by atoms with Crippen LogP contribution in [0.15, 0.2) is 42.5 Å². The molecule has 136 valence electrons. The van der Waals surface area contributed by atoms with Crippen LogP contribution in [-0.2, 0) is 11.3 Å². The summed E-state index contributed by atoms with van der Waals surface area (Å²) >= 11 is 5.94. The fraction of sp³-hybridized carbons (Fsp3) is 0.176. The molecule has 2 aromatic rings. The van der Waals surface area contributed by atoms with Crippen LogP contribution < -0.4 is 10.6 Å². The van der Waals surface area contributed by atoms with Crippen molar-refractivity contribution < 1.29 is 19.6 Å². The van der Waals surface area contributed by atoms with E-state index in [0.29, 0.717) is 0 Å². The number of benzene rings is 2. The van der Waals surface area contributed by atoms with Gasteiger partial charge in [-0.2, -0.15) is 0 Å². The van der Waals surface area contributed by atoms with Crippen molar-refractivity contribution in [3.63, 3.8) is 0 Å². The lowest BCUT2D eigenvalue weighted by molar-refractivity contribution is -0.384. The summed E-state index contributed by atoms with van der Waals surface area (Å²) in [5, 5.41) is 25.8. The Labute approximate surface area is 153 Å². The molecule has 0 bridgehead atoms. The second-order valence-corrected chi connectivity index (χ2v) is 5.87. The van der Waals surface area contributed by atoms with Crippen LogP contribution in [0.4, 0.5) is 5.69 Å². The molecule has 2 rings (SSSR count). The average Bonchev–Trinajstić information content (AvgIpc) is 2.60. The number of nitro groups is 1. The third-order valence-corrected chi connectivity index (χ3v) is 3.92. The van der Waals surface area contributed by atoms with Crippen LogP contribution in [0.25, 0.3) is 0 Å². The third-order valence-electron chi connectivity index (χ3n) is 3.59. The van der Waals surface area contributed by atoms with E-state index < -0.39 is 22.8 Å². The van der Waals surface area contributed by atoms with E-state index in [0.717, 1.165) is 6.07 Å². The van der Waals surface area contributed by atoms with Crippen molar-refractivity contribution in [2.75, 3.05) is 0 Å². The lowest BCUT2D eigenvalue weighted by Gasteiger charge is -2.15. The molecule has 3 N–H and O–H groups in total. The molecule has 0 aromatic heterocycles. The fourth-order valence-electron chi connectivity index (χ4n) is 2.15. The van der Waals surface area contributed by atoms with Gasteiger partial charge in [-0.15, -0.1) is 0 Å². The predicted octanol–water partition coefficient (Wildman–Crippen LogP) is 2.39. The van der Waals surface area contributed by atoms with Crippen LogP contribution in [0.5, 0.6) is 5.75 Å². The molecule has 0 unspecified atom stereocenters. The molecule has 0 aliphatic rings. The molecule has 0 aliphatic carbocycles. The van der Waals surface area contributed by atoms with Gasteiger partial charge in [0.15, 0.2) is 0 Å². The normalized spacial score (nSPS) is 11.5. The van der Waals surface area contributed by atoms with Gasteiger partial charge in [-0.3, -0.25) is 19.7 Å². The van der Waals surface area contributed by atoms with Crippen LogP contribution in [0, 0.1) is 10.1 Å². The Bertz CT molecular complexity index is 856. The minimum absolute atomic E-state index is 0.126. The number of halogens is 1. The zero-order valence-corrected chi connectivity index (χ0v) is 14.5. The lowest BCUT2D eigenvalue weighted by Crippen LogP contribution is -2.44. The van der Waals surface area contributed by atoms with Gasteiger partial charge in [0.05, 0.1) is 15.5 Å². The van der Waals surface area contributed by atoms with E-state index in [9.17, 15) is 24.8 Å². The van der Waals surface area contributed by atoms with Gasteiger partial charge in [0.1, 0.15) is 11.8 Å². The molecule has 0 aliphatic heterocycles. The van der Waals surface area contributed by atoms with E-state index in [4.69, 9.17) is 11.6 Å². The minimum Gasteiger partial charge on any atom is -0.508 e. The highest BCUT2D eigenvalue weighted by Crippen LogP contribution is 2.22. The Morgan fingerprint density at radius 3 is 2.62 bits per heavy atom. The van der Waals surface area contributed by atoms with Gasteiger partial charge in [-0.05, 0) is 25.1 Å². The topological polar surface area (TPSA) is 122 Å². The summed E-state index contributed by atoms with van der Waals surface area (Å²) in [6.45, 7) is 1.36. The molecule has 0 saturated heterocycles. The Morgan fingerprint density at radius 2 is 1.96 bits per heavy atom. The first-order valence-electron chi connectivity index (χ1n) is 7.59. The van der Waals surface area contributed by atoms with E-state index in [1.807, 2.05) is 0 Å². The standard InChI is InChI=1S/C17H16ClN3O5/c1-10(20-17(24)13-4-2-3-5-14(13)18)16(23)19-9-11-8-12(21(25)26)6-7-15(11)22/h2-8,10,22H,9H2,1H3,(H,19,23)(H,20,24)/t10-/m0/s1. The molecule has 9 heteroatoms.